The fraction of sp³-hybridized carbons (Fsp3) is 0.333. The van der Waals surface area contributed by atoms with Gasteiger partial charge in [0.25, 0.3) is 0 Å². The summed E-state index contributed by atoms with van der Waals surface area (Å²) in [6.07, 6.45) is 0.915. The molecule has 2 rings (SSSR count). The third-order valence-corrected chi connectivity index (χ3v) is 4.16. The standard InChI is InChI=1S/C15H16Cl2N2O/c1-4-12-9(2)18-19(10(12)3)8-15(20)11-5-6-13(16)14(17)7-11/h5-7H,4,8H2,1-3H3. The van der Waals surface area contributed by atoms with Crippen molar-refractivity contribution in [2.75, 3.05) is 0 Å². The highest BCUT2D eigenvalue weighted by molar-refractivity contribution is 6.42. The summed E-state index contributed by atoms with van der Waals surface area (Å²) in [5.74, 6) is -0.0307. The van der Waals surface area contributed by atoms with Crippen molar-refractivity contribution in [3.8, 4) is 0 Å². The Morgan fingerprint density at radius 3 is 2.50 bits per heavy atom. The van der Waals surface area contributed by atoms with Crippen molar-refractivity contribution in [1.82, 2.24) is 9.78 Å². The fourth-order valence-electron chi connectivity index (χ4n) is 2.30. The van der Waals surface area contributed by atoms with Gasteiger partial charge in [-0.05, 0) is 44.0 Å². The first-order valence-corrected chi connectivity index (χ1v) is 7.20. The number of rotatable bonds is 4. The zero-order valence-electron chi connectivity index (χ0n) is 11.7. The number of carbonyl (C=O) groups is 1. The Bertz CT molecular complexity index is 662. The van der Waals surface area contributed by atoms with Gasteiger partial charge in [-0.2, -0.15) is 5.10 Å². The van der Waals surface area contributed by atoms with Crippen LogP contribution in [0, 0.1) is 13.8 Å². The number of Topliss-reactive ketones (excluding diaryl/α,β-unsaturated/α-hetero) is 1. The monoisotopic (exact) mass is 310 g/mol. The van der Waals surface area contributed by atoms with Crippen molar-refractivity contribution in [2.45, 2.75) is 33.7 Å². The molecule has 0 aliphatic heterocycles. The highest BCUT2D eigenvalue weighted by atomic mass is 35.5. The summed E-state index contributed by atoms with van der Waals surface area (Å²) in [6, 6.07) is 4.91. The minimum atomic E-state index is -0.0307. The van der Waals surface area contributed by atoms with E-state index in [1.54, 1.807) is 22.9 Å². The number of aromatic nitrogens is 2. The van der Waals surface area contributed by atoms with E-state index in [2.05, 4.69) is 12.0 Å². The van der Waals surface area contributed by atoms with Crippen LogP contribution >= 0.6 is 23.2 Å². The number of ketones is 1. The molecule has 0 unspecified atom stereocenters. The van der Waals surface area contributed by atoms with Crippen LogP contribution in [0.4, 0.5) is 0 Å². The number of carbonyl (C=O) groups excluding carboxylic acids is 1. The van der Waals surface area contributed by atoms with Gasteiger partial charge in [0.15, 0.2) is 5.78 Å². The molecular weight excluding hydrogens is 295 g/mol. The molecule has 0 saturated carbocycles. The Balaban J connectivity index is 2.25. The first-order chi connectivity index (χ1) is 9.43. The maximum Gasteiger partial charge on any atom is 0.184 e. The molecule has 1 heterocycles. The molecule has 0 aliphatic rings. The lowest BCUT2D eigenvalue weighted by Gasteiger charge is -2.05. The lowest BCUT2D eigenvalue weighted by molar-refractivity contribution is 0.0966. The fourth-order valence-corrected chi connectivity index (χ4v) is 2.59. The molecule has 1 aromatic heterocycles. The maximum atomic E-state index is 12.3. The SMILES string of the molecule is CCc1c(C)nn(CC(=O)c2ccc(Cl)c(Cl)c2)c1C. The summed E-state index contributed by atoms with van der Waals surface area (Å²) < 4.78 is 1.75. The Hall–Kier alpha value is -1.32. The second-order valence-corrected chi connectivity index (χ2v) is 5.53. The second-order valence-electron chi connectivity index (χ2n) is 4.71. The number of nitrogens with zero attached hydrogens (tertiary/aromatic N) is 2. The lowest BCUT2D eigenvalue weighted by atomic mass is 10.1. The third kappa shape index (κ3) is 2.89. The average molecular weight is 311 g/mol. The summed E-state index contributed by atoms with van der Waals surface area (Å²) in [5, 5.41) is 5.26. The van der Waals surface area contributed by atoms with E-state index in [4.69, 9.17) is 23.2 Å². The van der Waals surface area contributed by atoms with Crippen molar-refractivity contribution < 1.29 is 4.79 Å². The second kappa shape index (κ2) is 5.98. The van der Waals surface area contributed by atoms with Crippen molar-refractivity contribution in [3.05, 3.63) is 50.8 Å². The highest BCUT2D eigenvalue weighted by Crippen LogP contribution is 2.23. The summed E-state index contributed by atoms with van der Waals surface area (Å²) in [4.78, 5) is 12.3. The lowest BCUT2D eigenvalue weighted by Crippen LogP contribution is -2.13. The predicted octanol–water partition coefficient (Wildman–Crippen LogP) is 4.25. The quantitative estimate of drug-likeness (QED) is 0.791. The Labute approximate surface area is 128 Å². The van der Waals surface area contributed by atoms with Crippen LogP contribution < -0.4 is 0 Å². The molecule has 5 heteroatoms. The predicted molar refractivity (Wildman–Crippen MR) is 81.9 cm³/mol. The van der Waals surface area contributed by atoms with E-state index in [-0.39, 0.29) is 12.3 Å². The van der Waals surface area contributed by atoms with E-state index in [1.807, 2.05) is 13.8 Å². The molecule has 3 nitrogen and oxygen atoms in total. The first kappa shape index (κ1) is 15.1. The zero-order valence-corrected chi connectivity index (χ0v) is 13.2. The van der Waals surface area contributed by atoms with E-state index in [0.717, 1.165) is 17.8 Å². The van der Waals surface area contributed by atoms with Crippen molar-refractivity contribution >= 4 is 29.0 Å². The van der Waals surface area contributed by atoms with Gasteiger partial charge in [0.1, 0.15) is 6.54 Å². The number of halogens is 2. The molecule has 0 radical (unpaired) electrons. The summed E-state index contributed by atoms with van der Waals surface area (Å²) in [5.41, 5.74) is 3.77. The number of hydrogen-bond acceptors (Lipinski definition) is 2. The highest BCUT2D eigenvalue weighted by Gasteiger charge is 2.14. The van der Waals surface area contributed by atoms with E-state index in [0.29, 0.717) is 15.6 Å². The van der Waals surface area contributed by atoms with E-state index < -0.39 is 0 Å². The normalized spacial score (nSPS) is 10.8. The van der Waals surface area contributed by atoms with Crippen LogP contribution in [0.1, 0.15) is 34.2 Å². The molecule has 1 aromatic carbocycles. The van der Waals surface area contributed by atoms with Gasteiger partial charge in [-0.3, -0.25) is 9.48 Å². The van der Waals surface area contributed by atoms with Gasteiger partial charge in [-0.25, -0.2) is 0 Å². The smallest absolute Gasteiger partial charge is 0.184 e. The molecule has 0 saturated heterocycles. The molecular formula is C15H16Cl2N2O. The van der Waals surface area contributed by atoms with E-state index >= 15 is 0 Å². The van der Waals surface area contributed by atoms with Crippen LogP contribution in [0.2, 0.25) is 10.0 Å². The van der Waals surface area contributed by atoms with Crippen molar-refractivity contribution in [2.24, 2.45) is 0 Å². The number of aryl methyl sites for hydroxylation is 1. The first-order valence-electron chi connectivity index (χ1n) is 6.45. The molecule has 0 N–H and O–H groups in total. The molecule has 0 fully saturated rings. The van der Waals surface area contributed by atoms with Gasteiger partial charge >= 0.3 is 0 Å². The van der Waals surface area contributed by atoms with Crippen LogP contribution in [0.15, 0.2) is 18.2 Å². The van der Waals surface area contributed by atoms with Gasteiger partial charge in [-0.1, -0.05) is 30.1 Å². The molecule has 0 spiro atoms. The Morgan fingerprint density at radius 2 is 1.95 bits per heavy atom. The topological polar surface area (TPSA) is 34.9 Å². The van der Waals surface area contributed by atoms with Crippen LogP contribution in [-0.2, 0) is 13.0 Å². The zero-order chi connectivity index (χ0) is 14.9. The van der Waals surface area contributed by atoms with Gasteiger partial charge in [0.2, 0.25) is 0 Å². The molecule has 20 heavy (non-hydrogen) atoms. The molecule has 2 aromatic rings. The number of benzene rings is 1. The van der Waals surface area contributed by atoms with E-state index in [1.165, 1.54) is 5.56 Å². The molecule has 106 valence electrons. The molecule has 0 amide bonds. The Morgan fingerprint density at radius 1 is 1.25 bits per heavy atom. The van der Waals surface area contributed by atoms with Gasteiger partial charge < -0.3 is 0 Å². The largest absolute Gasteiger partial charge is 0.292 e. The van der Waals surface area contributed by atoms with Crippen LogP contribution in [0.25, 0.3) is 0 Å². The summed E-state index contributed by atoms with van der Waals surface area (Å²) >= 11 is 11.8. The van der Waals surface area contributed by atoms with Gasteiger partial charge in [0, 0.05) is 11.3 Å². The van der Waals surface area contributed by atoms with Crippen molar-refractivity contribution in [3.63, 3.8) is 0 Å². The minimum Gasteiger partial charge on any atom is -0.292 e. The minimum absolute atomic E-state index is 0.0307. The number of hydrogen-bond donors (Lipinski definition) is 0. The van der Waals surface area contributed by atoms with Crippen LogP contribution in [-0.4, -0.2) is 15.6 Å². The maximum absolute atomic E-state index is 12.3. The summed E-state index contributed by atoms with van der Waals surface area (Å²) in [7, 11) is 0. The molecule has 0 atom stereocenters. The van der Waals surface area contributed by atoms with Crippen LogP contribution in [0.3, 0.4) is 0 Å². The average Bonchev–Trinajstić information content (AvgIpc) is 2.67. The Kier molecular flexibility index (Phi) is 4.51. The molecule has 0 bridgehead atoms. The third-order valence-electron chi connectivity index (χ3n) is 3.42. The van der Waals surface area contributed by atoms with E-state index in [9.17, 15) is 4.79 Å². The van der Waals surface area contributed by atoms with Gasteiger partial charge in [0.05, 0.1) is 15.7 Å². The molecule has 0 aliphatic carbocycles. The van der Waals surface area contributed by atoms with Crippen LogP contribution in [0.5, 0.6) is 0 Å². The van der Waals surface area contributed by atoms with Crippen molar-refractivity contribution in [1.29, 1.82) is 0 Å². The van der Waals surface area contributed by atoms with Gasteiger partial charge in [-0.15, -0.1) is 0 Å². The summed E-state index contributed by atoms with van der Waals surface area (Å²) in [6.45, 7) is 6.25.